The van der Waals surface area contributed by atoms with Gasteiger partial charge in [-0.05, 0) is 49.2 Å². The second-order valence-corrected chi connectivity index (χ2v) is 9.50. The lowest BCUT2D eigenvalue weighted by atomic mass is 10.1. The largest absolute Gasteiger partial charge is 0.489 e. The number of nitrogens with zero attached hydrogens (tertiary/aromatic N) is 6. The van der Waals surface area contributed by atoms with Gasteiger partial charge in [-0.15, -0.1) is 0 Å². The predicted octanol–water partition coefficient (Wildman–Crippen LogP) is 2.75. The SMILES string of the molecule is N#Cc1cc(-c2ccnc(Nc3ccc(C(=O)N4CCCC4)nc3)n2)ccc1OC1CCN(C(=O)CO)CC1. The van der Waals surface area contributed by atoms with E-state index in [0.29, 0.717) is 60.3 Å². The third kappa shape index (κ3) is 6.13. The molecule has 2 aliphatic heterocycles. The van der Waals surface area contributed by atoms with Gasteiger partial charge in [0.2, 0.25) is 11.9 Å². The third-order valence-electron chi connectivity index (χ3n) is 6.91. The maximum Gasteiger partial charge on any atom is 0.272 e. The molecule has 0 saturated carbocycles. The molecule has 4 heterocycles. The molecule has 0 atom stereocenters. The lowest BCUT2D eigenvalue weighted by molar-refractivity contribution is -0.135. The number of pyridine rings is 1. The van der Waals surface area contributed by atoms with Crippen LogP contribution in [0.25, 0.3) is 11.3 Å². The third-order valence-corrected chi connectivity index (χ3v) is 6.91. The topological polar surface area (TPSA) is 145 Å². The Balaban J connectivity index is 1.24. The van der Waals surface area contributed by atoms with Crippen LogP contribution >= 0.6 is 0 Å². The van der Waals surface area contributed by atoms with Crippen LogP contribution in [0.3, 0.4) is 0 Å². The molecule has 2 amide bonds. The Hall–Kier alpha value is -4.56. The number of rotatable bonds is 7. The number of piperidine rings is 1. The van der Waals surface area contributed by atoms with Crippen molar-refractivity contribution < 1.29 is 19.4 Å². The van der Waals surface area contributed by atoms with E-state index >= 15 is 0 Å². The molecular weight excluding hydrogens is 498 g/mol. The van der Waals surface area contributed by atoms with Gasteiger partial charge in [-0.2, -0.15) is 5.26 Å². The molecule has 5 rings (SSSR count). The minimum atomic E-state index is -0.491. The average Bonchev–Trinajstić information content (AvgIpc) is 3.53. The van der Waals surface area contributed by atoms with Crippen LogP contribution in [0.2, 0.25) is 0 Å². The number of anilines is 2. The summed E-state index contributed by atoms with van der Waals surface area (Å²) in [6.07, 6.45) is 6.40. The van der Waals surface area contributed by atoms with E-state index in [1.165, 1.54) is 0 Å². The summed E-state index contributed by atoms with van der Waals surface area (Å²) in [6.45, 7) is 2.07. The smallest absolute Gasteiger partial charge is 0.272 e. The summed E-state index contributed by atoms with van der Waals surface area (Å²) in [5.41, 5.74) is 2.81. The molecule has 11 nitrogen and oxygen atoms in total. The van der Waals surface area contributed by atoms with E-state index in [1.54, 1.807) is 47.6 Å². The summed E-state index contributed by atoms with van der Waals surface area (Å²) in [5, 5.41) is 21.9. The lowest BCUT2D eigenvalue weighted by Gasteiger charge is -2.32. The first-order valence-electron chi connectivity index (χ1n) is 13.0. The number of benzene rings is 1. The zero-order chi connectivity index (χ0) is 27.2. The zero-order valence-electron chi connectivity index (χ0n) is 21.4. The van der Waals surface area contributed by atoms with Crippen molar-refractivity contribution >= 4 is 23.5 Å². The summed E-state index contributed by atoms with van der Waals surface area (Å²) >= 11 is 0. The number of likely N-dealkylation sites (tertiary alicyclic amines) is 2. The molecule has 0 spiro atoms. The molecule has 1 aromatic carbocycles. The van der Waals surface area contributed by atoms with Crippen LogP contribution < -0.4 is 10.1 Å². The lowest BCUT2D eigenvalue weighted by Crippen LogP contribution is -2.42. The number of ether oxygens (including phenoxy) is 1. The number of carbonyl (C=O) groups excluding carboxylic acids is 2. The molecule has 0 aliphatic carbocycles. The normalized spacial score (nSPS) is 15.6. The number of hydrogen-bond acceptors (Lipinski definition) is 9. The number of hydrogen-bond donors (Lipinski definition) is 2. The van der Waals surface area contributed by atoms with E-state index in [-0.39, 0.29) is 17.9 Å². The van der Waals surface area contributed by atoms with Crippen molar-refractivity contribution in [2.75, 3.05) is 38.1 Å². The van der Waals surface area contributed by atoms with E-state index in [1.807, 2.05) is 11.0 Å². The van der Waals surface area contributed by atoms with Crippen LogP contribution in [0.1, 0.15) is 41.7 Å². The van der Waals surface area contributed by atoms with Gasteiger partial charge in [0.15, 0.2) is 0 Å². The molecule has 200 valence electrons. The first-order chi connectivity index (χ1) is 19.0. The fourth-order valence-electron chi connectivity index (χ4n) is 4.77. The molecule has 2 fully saturated rings. The van der Waals surface area contributed by atoms with E-state index in [2.05, 4.69) is 26.3 Å². The van der Waals surface area contributed by atoms with Gasteiger partial charge >= 0.3 is 0 Å². The van der Waals surface area contributed by atoms with Gasteiger partial charge in [-0.1, -0.05) is 0 Å². The standard InChI is InChI=1S/C28H29N7O4/c29-16-20-15-19(3-6-25(20)39-22-8-13-34(14-9-22)26(37)18-36)23-7-10-30-28(33-23)32-21-4-5-24(31-17-21)27(38)35-11-1-2-12-35/h3-7,10,15,17,22,36H,1-2,8-9,11-14,18H2,(H,30,32,33). The highest BCUT2D eigenvalue weighted by Gasteiger charge is 2.24. The first kappa shape index (κ1) is 26.1. The second-order valence-electron chi connectivity index (χ2n) is 9.50. The Kier molecular flexibility index (Phi) is 7.94. The van der Waals surface area contributed by atoms with Crippen molar-refractivity contribution in [3.63, 3.8) is 0 Å². The summed E-state index contributed by atoms with van der Waals surface area (Å²) in [6, 6.07) is 12.8. The molecule has 0 radical (unpaired) electrons. The van der Waals surface area contributed by atoms with Gasteiger partial charge in [0.1, 0.15) is 30.2 Å². The molecule has 11 heteroatoms. The van der Waals surface area contributed by atoms with Crippen LogP contribution in [-0.2, 0) is 4.79 Å². The summed E-state index contributed by atoms with van der Waals surface area (Å²) in [4.78, 5) is 40.8. The number of nitrogens with one attached hydrogen (secondary N) is 1. The molecule has 0 bridgehead atoms. The number of nitriles is 1. The van der Waals surface area contributed by atoms with Crippen LogP contribution in [0.5, 0.6) is 5.75 Å². The monoisotopic (exact) mass is 527 g/mol. The zero-order valence-corrected chi connectivity index (χ0v) is 21.4. The Bertz CT molecular complexity index is 1380. The Labute approximate surface area is 226 Å². The van der Waals surface area contributed by atoms with Crippen molar-refractivity contribution in [1.29, 1.82) is 5.26 Å². The van der Waals surface area contributed by atoms with Gasteiger partial charge in [-0.25, -0.2) is 15.0 Å². The van der Waals surface area contributed by atoms with Crippen molar-refractivity contribution in [1.82, 2.24) is 24.8 Å². The predicted molar refractivity (Wildman–Crippen MR) is 142 cm³/mol. The molecule has 39 heavy (non-hydrogen) atoms. The Morgan fingerprint density at radius 1 is 1.05 bits per heavy atom. The van der Waals surface area contributed by atoms with E-state index in [9.17, 15) is 14.9 Å². The van der Waals surface area contributed by atoms with E-state index in [0.717, 1.165) is 31.5 Å². The average molecular weight is 528 g/mol. The quantitative estimate of drug-likeness (QED) is 0.474. The summed E-state index contributed by atoms with van der Waals surface area (Å²) < 4.78 is 6.09. The summed E-state index contributed by atoms with van der Waals surface area (Å²) in [7, 11) is 0. The van der Waals surface area contributed by atoms with Crippen molar-refractivity contribution in [2.45, 2.75) is 31.8 Å². The minimum Gasteiger partial charge on any atom is -0.489 e. The summed E-state index contributed by atoms with van der Waals surface area (Å²) in [5.74, 6) is 0.501. The van der Waals surface area contributed by atoms with Gasteiger partial charge < -0.3 is 25.0 Å². The molecule has 0 unspecified atom stereocenters. The van der Waals surface area contributed by atoms with Crippen LogP contribution in [0.15, 0.2) is 48.8 Å². The highest BCUT2D eigenvalue weighted by molar-refractivity contribution is 5.92. The van der Waals surface area contributed by atoms with Crippen LogP contribution in [0, 0.1) is 11.3 Å². The Morgan fingerprint density at radius 3 is 2.54 bits per heavy atom. The van der Waals surface area contributed by atoms with E-state index < -0.39 is 6.61 Å². The maximum absolute atomic E-state index is 12.5. The van der Waals surface area contributed by atoms with Crippen molar-refractivity contribution in [2.24, 2.45) is 0 Å². The highest BCUT2D eigenvalue weighted by atomic mass is 16.5. The van der Waals surface area contributed by atoms with Crippen LogP contribution in [-0.4, -0.2) is 80.6 Å². The van der Waals surface area contributed by atoms with Gasteiger partial charge in [-0.3, -0.25) is 9.59 Å². The van der Waals surface area contributed by atoms with Gasteiger partial charge in [0.05, 0.1) is 23.1 Å². The fourth-order valence-corrected chi connectivity index (χ4v) is 4.77. The molecule has 2 aliphatic rings. The van der Waals surface area contributed by atoms with Crippen molar-refractivity contribution in [3.8, 4) is 23.1 Å². The minimum absolute atomic E-state index is 0.0553. The molecular formula is C28H29N7O4. The van der Waals surface area contributed by atoms with Crippen molar-refractivity contribution in [3.05, 3.63) is 60.0 Å². The van der Waals surface area contributed by atoms with E-state index in [4.69, 9.17) is 9.84 Å². The number of carbonyl (C=O) groups is 2. The van der Waals surface area contributed by atoms with Gasteiger partial charge in [0.25, 0.3) is 5.91 Å². The molecule has 3 aromatic rings. The highest BCUT2D eigenvalue weighted by Crippen LogP contribution is 2.28. The Morgan fingerprint density at radius 2 is 1.85 bits per heavy atom. The maximum atomic E-state index is 12.5. The fraction of sp³-hybridized carbons (Fsp3) is 0.357. The number of aliphatic hydroxyl groups excluding tert-OH is 1. The molecule has 2 N–H and O–H groups in total. The van der Waals surface area contributed by atoms with Crippen LogP contribution in [0.4, 0.5) is 11.6 Å². The number of aliphatic hydroxyl groups is 1. The molecule has 2 aromatic heterocycles. The number of aromatic nitrogens is 3. The second kappa shape index (κ2) is 11.9. The molecule has 2 saturated heterocycles. The number of amides is 2. The van der Waals surface area contributed by atoms with Gasteiger partial charge in [0, 0.05) is 50.8 Å². The first-order valence-corrected chi connectivity index (χ1v) is 13.0.